The van der Waals surface area contributed by atoms with Gasteiger partial charge in [0.1, 0.15) is 0 Å². The van der Waals surface area contributed by atoms with Gasteiger partial charge in [-0.2, -0.15) is 0 Å². The summed E-state index contributed by atoms with van der Waals surface area (Å²) in [5.74, 6) is 0.491. The second kappa shape index (κ2) is 5.82. The molecule has 2 nitrogen and oxygen atoms in total. The van der Waals surface area contributed by atoms with Gasteiger partial charge in [0, 0.05) is 24.4 Å². The molecule has 0 fully saturated rings. The van der Waals surface area contributed by atoms with Crippen molar-refractivity contribution < 1.29 is 0 Å². The summed E-state index contributed by atoms with van der Waals surface area (Å²) >= 11 is 0. The highest BCUT2D eigenvalue weighted by atomic mass is 14.8. The minimum absolute atomic E-state index is 0.118. The Morgan fingerprint density at radius 2 is 1.80 bits per heavy atom. The van der Waals surface area contributed by atoms with E-state index in [9.17, 15) is 0 Å². The van der Waals surface area contributed by atoms with Crippen molar-refractivity contribution in [2.24, 2.45) is 11.3 Å². The van der Waals surface area contributed by atoms with Gasteiger partial charge in [-0.05, 0) is 47.6 Å². The molecule has 0 saturated carbocycles. The van der Waals surface area contributed by atoms with E-state index in [1.54, 1.807) is 0 Å². The Labute approximate surface area is 123 Å². The van der Waals surface area contributed by atoms with E-state index in [2.05, 4.69) is 59.5 Å². The predicted molar refractivity (Wildman–Crippen MR) is 89.1 cm³/mol. The Bertz CT molecular complexity index is 526. The molecule has 0 aromatic carbocycles. The number of nitrogens with one attached hydrogen (secondary N) is 2. The fourth-order valence-electron chi connectivity index (χ4n) is 3.37. The van der Waals surface area contributed by atoms with Crippen molar-refractivity contribution in [3.8, 4) is 0 Å². The first-order valence-corrected chi connectivity index (χ1v) is 7.21. The molecule has 0 aliphatic heterocycles. The summed E-state index contributed by atoms with van der Waals surface area (Å²) in [5.41, 5.74) is 6.83. The Balaban J connectivity index is 3.69. The second-order valence-electron chi connectivity index (χ2n) is 6.37. The fourth-order valence-corrected chi connectivity index (χ4v) is 3.37. The Hall–Kier alpha value is -1.57. The van der Waals surface area contributed by atoms with Crippen molar-refractivity contribution in [1.82, 2.24) is 5.32 Å². The molecule has 0 heterocycles. The third-order valence-electron chi connectivity index (χ3n) is 4.07. The highest BCUT2D eigenvalue weighted by Gasteiger charge is 2.36. The van der Waals surface area contributed by atoms with Crippen LogP contribution in [0.15, 0.2) is 46.2 Å². The van der Waals surface area contributed by atoms with Gasteiger partial charge in [0.2, 0.25) is 0 Å². The molecule has 0 aromatic rings. The first-order chi connectivity index (χ1) is 9.18. The average molecular weight is 272 g/mol. The molecule has 0 atom stereocenters. The molecule has 1 aliphatic carbocycles. The van der Waals surface area contributed by atoms with Crippen molar-refractivity contribution >= 4 is 6.21 Å². The lowest BCUT2D eigenvalue weighted by Gasteiger charge is -2.39. The summed E-state index contributed by atoms with van der Waals surface area (Å²) in [4.78, 5) is 0. The Morgan fingerprint density at radius 3 is 2.20 bits per heavy atom. The van der Waals surface area contributed by atoms with Crippen molar-refractivity contribution in [2.45, 2.75) is 41.5 Å². The van der Waals surface area contributed by atoms with Crippen LogP contribution in [-0.2, 0) is 0 Å². The Morgan fingerprint density at radius 1 is 1.25 bits per heavy atom. The van der Waals surface area contributed by atoms with Crippen LogP contribution >= 0.6 is 0 Å². The van der Waals surface area contributed by atoms with Crippen molar-refractivity contribution in [2.75, 3.05) is 7.05 Å². The molecular formula is C18H28N2. The molecule has 0 radical (unpaired) electrons. The normalized spacial score (nSPS) is 20.7. The van der Waals surface area contributed by atoms with Gasteiger partial charge >= 0.3 is 0 Å². The summed E-state index contributed by atoms with van der Waals surface area (Å²) in [5, 5.41) is 10.9. The predicted octanol–water partition coefficient (Wildman–Crippen LogP) is 4.62. The molecule has 0 aromatic heterocycles. The molecule has 1 rings (SSSR count). The lowest BCUT2D eigenvalue weighted by molar-refractivity contribution is 0.531. The van der Waals surface area contributed by atoms with Gasteiger partial charge in [0.05, 0.1) is 0 Å². The van der Waals surface area contributed by atoms with Crippen LogP contribution in [0.25, 0.3) is 0 Å². The summed E-state index contributed by atoms with van der Waals surface area (Å²) in [6, 6.07) is 0. The van der Waals surface area contributed by atoms with E-state index in [0.717, 1.165) is 16.8 Å². The Kier molecular flexibility index (Phi) is 4.80. The van der Waals surface area contributed by atoms with E-state index in [4.69, 9.17) is 5.41 Å². The molecule has 2 N–H and O–H groups in total. The van der Waals surface area contributed by atoms with Gasteiger partial charge in [-0.3, -0.25) is 0 Å². The molecular weight excluding hydrogens is 244 g/mol. The molecule has 0 unspecified atom stereocenters. The van der Waals surface area contributed by atoms with Gasteiger partial charge < -0.3 is 10.7 Å². The van der Waals surface area contributed by atoms with E-state index in [0.29, 0.717) is 5.92 Å². The maximum absolute atomic E-state index is 7.58. The largest absolute Gasteiger partial charge is 0.388 e. The third-order valence-corrected chi connectivity index (χ3v) is 4.07. The lowest BCUT2D eigenvalue weighted by atomic mass is 9.66. The van der Waals surface area contributed by atoms with E-state index in [-0.39, 0.29) is 5.41 Å². The minimum atomic E-state index is -0.118. The van der Waals surface area contributed by atoms with Crippen LogP contribution in [-0.4, -0.2) is 13.3 Å². The van der Waals surface area contributed by atoms with Crippen molar-refractivity contribution in [1.29, 1.82) is 5.41 Å². The molecule has 0 spiro atoms. The summed E-state index contributed by atoms with van der Waals surface area (Å²) in [6.07, 6.45) is 3.69. The highest BCUT2D eigenvalue weighted by Crippen LogP contribution is 2.48. The zero-order valence-corrected chi connectivity index (χ0v) is 13.9. The van der Waals surface area contributed by atoms with E-state index in [1.165, 1.54) is 22.9 Å². The third kappa shape index (κ3) is 2.65. The molecule has 110 valence electrons. The zero-order valence-electron chi connectivity index (χ0n) is 13.9. The summed E-state index contributed by atoms with van der Waals surface area (Å²) in [7, 11) is 1.96. The maximum Gasteiger partial charge on any atom is 0.0403 e. The molecule has 0 amide bonds. The van der Waals surface area contributed by atoms with Crippen molar-refractivity contribution in [3.63, 3.8) is 0 Å². The van der Waals surface area contributed by atoms with Crippen LogP contribution in [0.2, 0.25) is 0 Å². The number of hydrogen-bond acceptors (Lipinski definition) is 2. The highest BCUT2D eigenvalue weighted by molar-refractivity contribution is 5.84. The van der Waals surface area contributed by atoms with E-state index >= 15 is 0 Å². The van der Waals surface area contributed by atoms with Gasteiger partial charge in [-0.25, -0.2) is 0 Å². The smallest absolute Gasteiger partial charge is 0.0403 e. The fraction of sp³-hybridized carbons (Fsp3) is 0.500. The number of hydrogen-bond donors (Lipinski definition) is 2. The standard InChI is InChI=1S/C18H28N2/c1-11(2)9-15-13(4)17(20-8)14(5)16(12(3)10-19)18(15,6)7/h9-11,19-20H,3H2,1-2,4-8H3/b15-9+,19-10?. The van der Waals surface area contributed by atoms with Crippen LogP contribution in [0.3, 0.4) is 0 Å². The maximum atomic E-state index is 7.58. The molecule has 1 aliphatic rings. The SMILES string of the molecule is C=C(C=N)C1=C(C)C(NC)=C(C)/C(=C\C(C)C)C1(C)C. The monoisotopic (exact) mass is 272 g/mol. The van der Waals surface area contributed by atoms with Crippen LogP contribution in [0.5, 0.6) is 0 Å². The van der Waals surface area contributed by atoms with E-state index in [1.807, 2.05) is 7.05 Å². The molecule has 20 heavy (non-hydrogen) atoms. The number of allylic oxidation sites excluding steroid dienone is 6. The van der Waals surface area contributed by atoms with Crippen LogP contribution in [0.1, 0.15) is 41.5 Å². The zero-order chi connectivity index (χ0) is 15.7. The average Bonchev–Trinajstić information content (AvgIpc) is 2.34. The second-order valence-corrected chi connectivity index (χ2v) is 6.37. The quantitative estimate of drug-likeness (QED) is 0.719. The lowest BCUT2D eigenvalue weighted by Crippen LogP contribution is -2.30. The van der Waals surface area contributed by atoms with E-state index < -0.39 is 0 Å². The topological polar surface area (TPSA) is 35.9 Å². The molecule has 0 saturated heterocycles. The minimum Gasteiger partial charge on any atom is -0.388 e. The van der Waals surface area contributed by atoms with Crippen molar-refractivity contribution in [3.05, 3.63) is 46.2 Å². The first-order valence-electron chi connectivity index (χ1n) is 7.21. The first kappa shape index (κ1) is 16.5. The van der Waals surface area contributed by atoms with Crippen LogP contribution < -0.4 is 5.32 Å². The van der Waals surface area contributed by atoms with Crippen LogP contribution in [0, 0.1) is 16.7 Å². The number of likely N-dealkylation sites (N-methyl/N-ethyl adjacent to an activating group) is 1. The van der Waals surface area contributed by atoms with Crippen LogP contribution in [0.4, 0.5) is 0 Å². The van der Waals surface area contributed by atoms with Gasteiger partial charge in [0.15, 0.2) is 0 Å². The van der Waals surface area contributed by atoms with Gasteiger partial charge in [-0.15, -0.1) is 0 Å². The van der Waals surface area contributed by atoms with Gasteiger partial charge in [0.25, 0.3) is 0 Å². The number of rotatable bonds is 4. The summed E-state index contributed by atoms with van der Waals surface area (Å²) < 4.78 is 0. The summed E-state index contributed by atoms with van der Waals surface area (Å²) in [6.45, 7) is 17.2. The molecule has 0 bridgehead atoms. The van der Waals surface area contributed by atoms with Gasteiger partial charge in [-0.1, -0.05) is 40.3 Å². The molecule has 2 heteroatoms.